The number of H-pyrrole nitrogens is 1. The van der Waals surface area contributed by atoms with Gasteiger partial charge in [0.25, 0.3) is 5.91 Å². The number of fused-ring (bicyclic) bond motifs is 1. The van der Waals surface area contributed by atoms with Gasteiger partial charge in [-0.25, -0.2) is 9.97 Å². The number of anilines is 1. The number of nitrogens with one attached hydrogen (secondary N) is 2. The van der Waals surface area contributed by atoms with Crippen LogP contribution in [-0.2, 0) is 5.75 Å². The molecule has 7 nitrogen and oxygen atoms in total. The molecule has 0 saturated heterocycles. The van der Waals surface area contributed by atoms with Crippen molar-refractivity contribution in [3.05, 3.63) is 65.8 Å². The Labute approximate surface area is 153 Å². The molecule has 0 bridgehead atoms. The highest BCUT2D eigenvalue weighted by molar-refractivity contribution is 7.98. The van der Waals surface area contributed by atoms with Gasteiger partial charge in [-0.05, 0) is 24.6 Å². The molecular weight excluding hydrogens is 350 g/mol. The fourth-order valence-corrected chi connectivity index (χ4v) is 3.35. The Hall–Kier alpha value is -3.13. The summed E-state index contributed by atoms with van der Waals surface area (Å²) in [6.45, 7) is 1.94. The first kappa shape index (κ1) is 16.3. The average molecular weight is 365 g/mol. The molecule has 1 amide bonds. The van der Waals surface area contributed by atoms with Crippen LogP contribution in [-0.4, -0.2) is 26.1 Å². The molecule has 0 aliphatic carbocycles. The van der Waals surface area contributed by atoms with E-state index in [9.17, 15) is 4.79 Å². The molecule has 3 aromatic heterocycles. The zero-order valence-electron chi connectivity index (χ0n) is 13.9. The van der Waals surface area contributed by atoms with E-state index in [4.69, 9.17) is 4.42 Å². The van der Waals surface area contributed by atoms with Gasteiger partial charge in [-0.2, -0.15) is 5.10 Å². The lowest BCUT2D eigenvalue weighted by atomic mass is 10.1. The van der Waals surface area contributed by atoms with E-state index in [0.717, 1.165) is 16.5 Å². The second kappa shape index (κ2) is 7.01. The third-order valence-corrected chi connectivity index (χ3v) is 4.71. The highest BCUT2D eigenvalue weighted by Gasteiger charge is 2.21. The van der Waals surface area contributed by atoms with Gasteiger partial charge in [0.15, 0.2) is 10.9 Å². The predicted octanol–water partition coefficient (Wildman–Crippen LogP) is 3.80. The van der Waals surface area contributed by atoms with Gasteiger partial charge < -0.3 is 9.73 Å². The Balaban J connectivity index is 1.65. The van der Waals surface area contributed by atoms with E-state index in [1.807, 2.05) is 37.3 Å². The lowest BCUT2D eigenvalue weighted by Gasteiger charge is -2.04. The van der Waals surface area contributed by atoms with Crippen molar-refractivity contribution in [1.82, 2.24) is 20.2 Å². The van der Waals surface area contributed by atoms with Gasteiger partial charge in [0.2, 0.25) is 0 Å². The number of hydrogen-bond donors (Lipinski definition) is 2. The maximum Gasteiger partial charge on any atom is 0.292 e. The number of benzene rings is 1. The molecule has 130 valence electrons. The van der Waals surface area contributed by atoms with E-state index in [1.165, 1.54) is 18.1 Å². The summed E-state index contributed by atoms with van der Waals surface area (Å²) in [7, 11) is 0. The number of amides is 1. The van der Waals surface area contributed by atoms with Crippen molar-refractivity contribution in [1.29, 1.82) is 0 Å². The SMILES string of the molecule is Cc1ccc(NC(=O)c2oc3ccccc3c2CSc2ncn[nH]2)nc1. The molecule has 26 heavy (non-hydrogen) atoms. The van der Waals surface area contributed by atoms with Crippen molar-refractivity contribution in [2.75, 3.05) is 5.32 Å². The number of aryl methyl sites for hydroxylation is 1. The summed E-state index contributed by atoms with van der Waals surface area (Å²) < 4.78 is 5.83. The van der Waals surface area contributed by atoms with Gasteiger partial charge in [-0.15, -0.1) is 0 Å². The average Bonchev–Trinajstić information content (AvgIpc) is 3.29. The largest absolute Gasteiger partial charge is 0.451 e. The van der Waals surface area contributed by atoms with Gasteiger partial charge in [-0.1, -0.05) is 36.0 Å². The highest BCUT2D eigenvalue weighted by atomic mass is 32.2. The van der Waals surface area contributed by atoms with Crippen molar-refractivity contribution in [3.8, 4) is 0 Å². The number of thioether (sulfide) groups is 1. The van der Waals surface area contributed by atoms with Crippen LogP contribution in [0.4, 0.5) is 5.82 Å². The van der Waals surface area contributed by atoms with E-state index >= 15 is 0 Å². The fourth-order valence-electron chi connectivity index (χ4n) is 2.54. The van der Waals surface area contributed by atoms with Crippen molar-refractivity contribution in [2.45, 2.75) is 17.8 Å². The van der Waals surface area contributed by atoms with E-state index in [-0.39, 0.29) is 11.7 Å². The van der Waals surface area contributed by atoms with Crippen molar-refractivity contribution in [2.24, 2.45) is 0 Å². The Morgan fingerprint density at radius 2 is 2.12 bits per heavy atom. The third-order valence-electron chi connectivity index (χ3n) is 3.80. The molecule has 0 radical (unpaired) electrons. The number of para-hydroxylation sites is 1. The number of nitrogens with zero attached hydrogens (tertiary/aromatic N) is 3. The molecule has 0 fully saturated rings. The van der Waals surface area contributed by atoms with Crippen LogP contribution in [0.15, 0.2) is 58.5 Å². The quantitative estimate of drug-likeness (QED) is 0.522. The van der Waals surface area contributed by atoms with Gasteiger partial charge >= 0.3 is 0 Å². The van der Waals surface area contributed by atoms with E-state index < -0.39 is 0 Å². The first-order valence-electron chi connectivity index (χ1n) is 7.93. The summed E-state index contributed by atoms with van der Waals surface area (Å²) in [4.78, 5) is 21.1. The van der Waals surface area contributed by atoms with Crippen LogP contribution in [0, 0.1) is 6.92 Å². The number of rotatable bonds is 5. The molecule has 4 aromatic rings. The van der Waals surface area contributed by atoms with Gasteiger partial charge in [0.1, 0.15) is 17.7 Å². The second-order valence-electron chi connectivity index (χ2n) is 5.66. The van der Waals surface area contributed by atoms with Crippen LogP contribution < -0.4 is 5.32 Å². The number of aromatic nitrogens is 4. The summed E-state index contributed by atoms with van der Waals surface area (Å²) in [5, 5.41) is 11.0. The number of pyridine rings is 1. The summed E-state index contributed by atoms with van der Waals surface area (Å²) in [5.41, 5.74) is 2.50. The lowest BCUT2D eigenvalue weighted by Crippen LogP contribution is -2.13. The fraction of sp³-hybridized carbons (Fsp3) is 0.111. The predicted molar refractivity (Wildman–Crippen MR) is 99.1 cm³/mol. The summed E-state index contributed by atoms with van der Waals surface area (Å²) >= 11 is 1.45. The molecular formula is C18H15N5O2S. The van der Waals surface area contributed by atoms with Crippen molar-refractivity contribution >= 4 is 34.5 Å². The molecule has 4 rings (SSSR count). The maximum absolute atomic E-state index is 12.8. The van der Waals surface area contributed by atoms with Crippen LogP contribution in [0.3, 0.4) is 0 Å². The van der Waals surface area contributed by atoms with Crippen LogP contribution in [0.5, 0.6) is 0 Å². The minimum atomic E-state index is -0.328. The number of carbonyl (C=O) groups is 1. The Kier molecular flexibility index (Phi) is 4.40. The summed E-state index contributed by atoms with van der Waals surface area (Å²) in [5.74, 6) is 0.956. The number of aromatic amines is 1. The number of hydrogen-bond acceptors (Lipinski definition) is 6. The topological polar surface area (TPSA) is 96.7 Å². The number of furan rings is 1. The Morgan fingerprint density at radius 3 is 2.88 bits per heavy atom. The molecule has 3 heterocycles. The van der Waals surface area contributed by atoms with Crippen molar-refractivity contribution < 1.29 is 9.21 Å². The maximum atomic E-state index is 12.8. The molecule has 2 N–H and O–H groups in total. The molecule has 0 saturated carbocycles. The molecule has 8 heteroatoms. The Morgan fingerprint density at radius 1 is 1.23 bits per heavy atom. The Bertz CT molecular complexity index is 1040. The molecule has 0 atom stereocenters. The van der Waals surface area contributed by atoms with Crippen molar-refractivity contribution in [3.63, 3.8) is 0 Å². The van der Waals surface area contributed by atoms with Crippen LogP contribution in [0.25, 0.3) is 11.0 Å². The van der Waals surface area contributed by atoms with E-state index in [0.29, 0.717) is 22.3 Å². The molecule has 0 aliphatic rings. The molecule has 0 unspecified atom stereocenters. The van der Waals surface area contributed by atoms with E-state index in [2.05, 4.69) is 25.5 Å². The first-order chi connectivity index (χ1) is 12.7. The normalized spacial score (nSPS) is 11.0. The summed E-state index contributed by atoms with van der Waals surface area (Å²) in [6.07, 6.45) is 3.15. The minimum absolute atomic E-state index is 0.278. The molecule has 1 aromatic carbocycles. The lowest BCUT2D eigenvalue weighted by molar-refractivity contribution is 0.0997. The smallest absolute Gasteiger partial charge is 0.292 e. The first-order valence-corrected chi connectivity index (χ1v) is 8.92. The van der Waals surface area contributed by atoms with Gasteiger partial charge in [0, 0.05) is 22.9 Å². The zero-order chi connectivity index (χ0) is 17.9. The highest BCUT2D eigenvalue weighted by Crippen LogP contribution is 2.31. The second-order valence-corrected chi connectivity index (χ2v) is 6.62. The van der Waals surface area contributed by atoms with Crippen LogP contribution in [0.1, 0.15) is 21.7 Å². The third kappa shape index (κ3) is 3.31. The standard InChI is InChI=1S/C18H15N5O2S/c1-11-6-7-15(19-8-11)22-17(24)16-13(9-26-18-20-10-21-23-18)12-4-2-3-5-14(12)25-16/h2-8,10H,9H2,1H3,(H,19,22,24)(H,20,21,23). The number of carbonyl (C=O) groups excluding carboxylic acids is 1. The van der Waals surface area contributed by atoms with Crippen LogP contribution in [0.2, 0.25) is 0 Å². The van der Waals surface area contributed by atoms with Gasteiger partial charge in [-0.3, -0.25) is 9.89 Å². The van der Waals surface area contributed by atoms with Gasteiger partial charge in [0.05, 0.1) is 0 Å². The van der Waals surface area contributed by atoms with Crippen LogP contribution >= 0.6 is 11.8 Å². The summed E-state index contributed by atoms with van der Waals surface area (Å²) in [6, 6.07) is 11.2. The molecule has 0 spiro atoms. The van der Waals surface area contributed by atoms with E-state index in [1.54, 1.807) is 12.3 Å². The molecule has 0 aliphatic heterocycles. The zero-order valence-corrected chi connectivity index (χ0v) is 14.7. The monoisotopic (exact) mass is 365 g/mol. The minimum Gasteiger partial charge on any atom is -0.451 e.